The molecule has 2 saturated carbocycles. The Morgan fingerprint density at radius 2 is 1.06 bits per heavy atom. The van der Waals surface area contributed by atoms with E-state index in [-0.39, 0.29) is 21.9 Å². The Balaban J connectivity index is 1.11. The second kappa shape index (κ2) is 13.9. The van der Waals surface area contributed by atoms with Crippen LogP contribution in [0.15, 0.2) is 158 Å². The van der Waals surface area contributed by atoms with Crippen LogP contribution in [0.5, 0.6) is 0 Å². The highest BCUT2D eigenvalue weighted by atomic mass is 15.3. The summed E-state index contributed by atoms with van der Waals surface area (Å²) in [7, 11) is 0. The lowest BCUT2D eigenvalue weighted by Gasteiger charge is -2.50. The maximum Gasteiger partial charge on any atom is 0.187 e. The lowest BCUT2D eigenvalue weighted by Crippen LogP contribution is -2.54. The first kappa shape index (κ1) is 40.2. The fourth-order valence-corrected chi connectivity index (χ4v) is 14.9. The van der Waals surface area contributed by atoms with Crippen LogP contribution in [0.2, 0.25) is 0 Å². The molecule has 3 aliphatic carbocycles. The largest absolute Gasteiger partial charge is 0.335 e. The highest BCUT2D eigenvalue weighted by molar-refractivity contribution is 6.20. The maximum atomic E-state index is 10.1. The minimum atomic E-state index is -0.651. The van der Waals surface area contributed by atoms with E-state index in [1.54, 1.807) is 0 Å². The fourth-order valence-electron chi connectivity index (χ4n) is 14.9. The van der Waals surface area contributed by atoms with Crippen molar-refractivity contribution in [2.45, 2.75) is 106 Å². The summed E-state index contributed by atoms with van der Waals surface area (Å²) < 4.78 is 0. The molecule has 0 saturated heterocycles. The molecule has 0 radical (unpaired) electrons. The summed E-state index contributed by atoms with van der Waals surface area (Å²) >= 11 is 0. The normalized spacial score (nSPS) is 25.1. The van der Waals surface area contributed by atoms with E-state index in [2.05, 4.69) is 194 Å². The fraction of sp³-hybridized carbons (Fsp3) is 0.270. The number of fused-ring (bicyclic) bond motifs is 14. The lowest BCUT2D eigenvalue weighted by molar-refractivity contribution is 0.195. The van der Waals surface area contributed by atoms with Crippen molar-refractivity contribution in [3.05, 3.63) is 208 Å². The number of hydrogen-bond acceptors (Lipinski definition) is 3. The molecule has 13 rings (SSSR count). The maximum absolute atomic E-state index is 10.1. The van der Waals surface area contributed by atoms with Gasteiger partial charge in [0.05, 0.1) is 34.7 Å². The molecule has 8 aromatic carbocycles. The second-order valence-corrected chi connectivity index (χ2v) is 21.2. The molecule has 5 aliphatic rings. The molecule has 0 aromatic heterocycles. The molecule has 0 N–H and O–H groups in total. The number of nitriles is 1. The van der Waals surface area contributed by atoms with Crippen molar-refractivity contribution in [2.75, 3.05) is 9.80 Å². The summed E-state index contributed by atoms with van der Waals surface area (Å²) in [5, 5.41) is 15.1. The Kier molecular flexibility index (Phi) is 8.36. The summed E-state index contributed by atoms with van der Waals surface area (Å²) in [5.41, 5.74) is 15.5. The van der Waals surface area contributed by atoms with Crippen molar-refractivity contribution in [3.63, 3.8) is 0 Å². The van der Waals surface area contributed by atoms with Crippen LogP contribution in [-0.4, -0.2) is 11.1 Å². The molecule has 0 spiro atoms. The van der Waals surface area contributed by atoms with Gasteiger partial charge in [0.2, 0.25) is 0 Å². The van der Waals surface area contributed by atoms with Crippen LogP contribution in [0.4, 0.5) is 28.4 Å². The van der Waals surface area contributed by atoms with E-state index in [0.29, 0.717) is 0 Å². The minimum Gasteiger partial charge on any atom is -0.335 e. The summed E-state index contributed by atoms with van der Waals surface area (Å²) in [5.74, 6) is 0. The molecule has 8 aromatic rings. The molecule has 0 bridgehead atoms. The van der Waals surface area contributed by atoms with Gasteiger partial charge in [0.15, 0.2) is 5.69 Å². The summed E-state index contributed by atoms with van der Waals surface area (Å²) in [6.45, 7) is 17.9. The van der Waals surface area contributed by atoms with Gasteiger partial charge in [0.25, 0.3) is 0 Å². The SMILES string of the molecule is [C-]#[N+]c1ccc2c(c1)C1(C)CCCCC1(C)N2c1ccc2c(c1)C(c1ccccc1)(c1ccccc1)c1c-2c2ccccc2c2cc(N3c4ccc(C#N)cc4C4(C)CCCCC34C)ccc12. The quantitative estimate of drug-likeness (QED) is 0.131. The Bertz CT molecular complexity index is 3450. The van der Waals surface area contributed by atoms with E-state index in [0.717, 1.165) is 36.9 Å². The standard InChI is InChI=1S/C63H54N4/c1-59-32-14-16-34-61(59,3)66(55-30-24-41(40-64)36-53(55)59)45-26-28-49-51(38-45)47-22-12-13-23-48(47)57-50-29-27-46(67-56-31-25-44(65-5)37-54(56)60(2)33-15-17-35-62(60,67)4)39-52(50)63(58(49)57,42-18-8-6-9-19-42)43-20-10-7-11-21-43/h6-13,18-31,36-39H,14-17,32-35H2,1-4H3. The van der Waals surface area contributed by atoms with Crippen LogP contribution in [0, 0.1) is 17.9 Å². The molecule has 4 heteroatoms. The summed E-state index contributed by atoms with van der Waals surface area (Å²) in [4.78, 5) is 9.26. The summed E-state index contributed by atoms with van der Waals surface area (Å²) in [6.07, 6.45) is 9.14. The van der Waals surface area contributed by atoms with Crippen molar-refractivity contribution >= 4 is 50.0 Å². The van der Waals surface area contributed by atoms with Crippen LogP contribution in [0.1, 0.15) is 118 Å². The molecule has 326 valence electrons. The first-order valence-corrected chi connectivity index (χ1v) is 24.5. The average molecular weight is 867 g/mol. The van der Waals surface area contributed by atoms with Crippen molar-refractivity contribution in [1.82, 2.24) is 0 Å². The van der Waals surface area contributed by atoms with Gasteiger partial charge in [-0.15, -0.1) is 0 Å². The number of rotatable bonds is 4. The molecule has 2 heterocycles. The first-order chi connectivity index (χ1) is 32.6. The number of nitrogens with zero attached hydrogens (tertiary/aromatic N) is 4. The predicted octanol–water partition coefficient (Wildman–Crippen LogP) is 16.3. The number of hydrogen-bond donors (Lipinski definition) is 0. The highest BCUT2D eigenvalue weighted by Crippen LogP contribution is 2.66. The third kappa shape index (κ3) is 4.96. The van der Waals surface area contributed by atoms with Crippen molar-refractivity contribution in [3.8, 4) is 17.2 Å². The van der Waals surface area contributed by atoms with Crippen LogP contribution < -0.4 is 9.80 Å². The Labute approximate surface area is 394 Å². The predicted molar refractivity (Wildman–Crippen MR) is 275 cm³/mol. The summed E-state index contributed by atoms with van der Waals surface area (Å²) in [6, 6.07) is 61.8. The van der Waals surface area contributed by atoms with Gasteiger partial charge in [-0.05, 0) is 154 Å². The van der Waals surface area contributed by atoms with Gasteiger partial charge in [-0.1, -0.05) is 149 Å². The lowest BCUT2D eigenvalue weighted by atomic mass is 9.61. The highest BCUT2D eigenvalue weighted by Gasteiger charge is 2.59. The van der Waals surface area contributed by atoms with Crippen LogP contribution in [0.25, 0.3) is 37.5 Å². The first-order valence-electron chi connectivity index (χ1n) is 24.5. The van der Waals surface area contributed by atoms with E-state index in [4.69, 9.17) is 6.57 Å². The van der Waals surface area contributed by atoms with Gasteiger partial charge in [-0.2, -0.15) is 5.26 Å². The van der Waals surface area contributed by atoms with E-state index in [1.807, 2.05) is 12.1 Å². The Hall–Kier alpha value is -7.14. The topological polar surface area (TPSA) is 34.6 Å². The van der Waals surface area contributed by atoms with Gasteiger partial charge in [0.1, 0.15) is 0 Å². The molecule has 2 aliphatic heterocycles. The van der Waals surface area contributed by atoms with E-state index in [9.17, 15) is 5.26 Å². The van der Waals surface area contributed by atoms with Crippen molar-refractivity contribution in [1.29, 1.82) is 5.26 Å². The zero-order valence-corrected chi connectivity index (χ0v) is 39.0. The molecule has 4 unspecified atom stereocenters. The van der Waals surface area contributed by atoms with E-state index >= 15 is 0 Å². The van der Waals surface area contributed by atoms with Crippen molar-refractivity contribution in [2.24, 2.45) is 0 Å². The number of benzene rings is 8. The number of anilines is 4. The van der Waals surface area contributed by atoms with Gasteiger partial charge in [-0.3, -0.25) is 0 Å². The van der Waals surface area contributed by atoms with E-state index < -0.39 is 5.41 Å². The van der Waals surface area contributed by atoms with Gasteiger partial charge < -0.3 is 9.80 Å². The molecular formula is C63H54N4. The molecule has 0 amide bonds. The van der Waals surface area contributed by atoms with Crippen LogP contribution in [0.3, 0.4) is 0 Å². The molecule has 67 heavy (non-hydrogen) atoms. The molecule has 4 nitrogen and oxygen atoms in total. The third-order valence-electron chi connectivity index (χ3n) is 18.4. The zero-order chi connectivity index (χ0) is 45.5. The van der Waals surface area contributed by atoms with Gasteiger partial charge in [-0.25, -0.2) is 4.85 Å². The van der Waals surface area contributed by atoms with Crippen LogP contribution >= 0.6 is 0 Å². The molecule has 2 fully saturated rings. The zero-order valence-electron chi connectivity index (χ0n) is 39.0. The monoisotopic (exact) mass is 866 g/mol. The van der Waals surface area contributed by atoms with E-state index in [1.165, 1.54) is 114 Å². The van der Waals surface area contributed by atoms with Gasteiger partial charge >= 0.3 is 0 Å². The Morgan fingerprint density at radius 1 is 0.507 bits per heavy atom. The second-order valence-electron chi connectivity index (χ2n) is 21.2. The molecular weight excluding hydrogens is 813 g/mol. The van der Waals surface area contributed by atoms with Gasteiger partial charge in [0, 0.05) is 33.6 Å². The van der Waals surface area contributed by atoms with Crippen LogP contribution in [-0.2, 0) is 16.2 Å². The Morgan fingerprint density at radius 3 is 1.69 bits per heavy atom. The average Bonchev–Trinajstić information content (AvgIpc) is 3.87. The minimum absolute atomic E-state index is 0.0846. The molecule has 4 atom stereocenters. The van der Waals surface area contributed by atoms with Crippen molar-refractivity contribution < 1.29 is 0 Å². The third-order valence-corrected chi connectivity index (χ3v) is 18.4. The smallest absolute Gasteiger partial charge is 0.187 e.